The number of nitrogens with zero attached hydrogens (tertiary/aromatic N) is 3. The smallest absolute Gasteiger partial charge is 0.405 e. The Morgan fingerprint density at radius 2 is 1.89 bits per heavy atom. The van der Waals surface area contributed by atoms with Gasteiger partial charge in [0.25, 0.3) is 5.91 Å². The first-order chi connectivity index (χ1) is 17.5. The van der Waals surface area contributed by atoms with Gasteiger partial charge in [-0.3, -0.25) is 4.79 Å². The van der Waals surface area contributed by atoms with Crippen LogP contribution in [0.1, 0.15) is 12.8 Å². The lowest BCUT2D eigenvalue weighted by molar-refractivity contribution is -0.139. The quantitative estimate of drug-likeness (QED) is 0.405. The minimum Gasteiger partial charge on any atom is -0.496 e. The molecule has 0 spiro atoms. The van der Waals surface area contributed by atoms with Gasteiger partial charge in [-0.25, -0.2) is 18.6 Å². The van der Waals surface area contributed by atoms with Crippen LogP contribution >= 0.6 is 0 Å². The summed E-state index contributed by atoms with van der Waals surface area (Å²) in [5, 5.41) is 5.10. The zero-order valence-electron chi connectivity index (χ0n) is 19.6. The maximum Gasteiger partial charge on any atom is 0.405 e. The van der Waals surface area contributed by atoms with Crippen LogP contribution in [0.5, 0.6) is 11.5 Å². The highest BCUT2D eigenvalue weighted by atomic mass is 32.2. The van der Waals surface area contributed by atoms with Gasteiger partial charge in [0.1, 0.15) is 36.0 Å². The highest BCUT2D eigenvalue weighted by molar-refractivity contribution is 7.93. The number of hydrogen-bond donors (Lipinski definition) is 2. The predicted octanol–water partition coefficient (Wildman–Crippen LogP) is 4.47. The standard InChI is InChI=1S/C23H23F4N5O4S/c1-35-19-10-15(32-37(34)6-2-3-7-37)9-17-21(19)22(30-13-29-17)31-16-5-4-14(24)8-18(16)36-11-20(33)28-12-23(25,26)27/h4-5,8-10,13H,2-3,6-7,11-12H2,1H3,(H,28,33)(H,29,30,31). The molecule has 14 heteroatoms. The molecule has 0 atom stereocenters. The topological polar surface area (TPSA) is 115 Å². The summed E-state index contributed by atoms with van der Waals surface area (Å²) in [7, 11) is -0.890. The third-order valence-electron chi connectivity index (χ3n) is 5.40. The maximum absolute atomic E-state index is 13.9. The second-order valence-electron chi connectivity index (χ2n) is 8.19. The van der Waals surface area contributed by atoms with Crippen molar-refractivity contribution in [1.29, 1.82) is 0 Å². The van der Waals surface area contributed by atoms with Gasteiger partial charge < -0.3 is 20.1 Å². The number of aromatic nitrogens is 2. The first-order valence-corrected chi connectivity index (χ1v) is 13.0. The molecule has 2 aromatic carbocycles. The fraction of sp³-hybridized carbons (Fsp3) is 0.348. The molecule has 37 heavy (non-hydrogen) atoms. The Balaban J connectivity index is 1.62. The van der Waals surface area contributed by atoms with E-state index < -0.39 is 40.8 Å². The number of halogens is 4. The molecule has 9 nitrogen and oxygen atoms in total. The van der Waals surface area contributed by atoms with Crippen LogP contribution in [-0.2, 0) is 14.5 Å². The van der Waals surface area contributed by atoms with E-state index in [0.29, 0.717) is 33.8 Å². The molecule has 2 N–H and O–H groups in total. The first-order valence-electron chi connectivity index (χ1n) is 11.1. The summed E-state index contributed by atoms with van der Waals surface area (Å²) in [5.41, 5.74) is 1.08. The number of nitrogens with one attached hydrogen (secondary N) is 2. The van der Waals surface area contributed by atoms with Gasteiger partial charge >= 0.3 is 6.18 Å². The molecule has 0 aliphatic carbocycles. The SMILES string of the molecule is COc1cc(N=S2(=O)CCCC2)cc2ncnc(Nc3ccc(F)cc3OCC(=O)NCC(F)(F)F)c12. The first kappa shape index (κ1) is 26.4. The van der Waals surface area contributed by atoms with Crippen molar-refractivity contribution in [2.45, 2.75) is 19.0 Å². The average Bonchev–Trinajstić information content (AvgIpc) is 3.27. The number of methoxy groups -OCH3 is 1. The number of carbonyl (C=O) groups is 1. The van der Waals surface area contributed by atoms with Gasteiger partial charge in [0.05, 0.1) is 39.1 Å². The molecular formula is C23H23F4N5O4S. The van der Waals surface area contributed by atoms with Crippen LogP contribution in [-0.4, -0.2) is 58.0 Å². The lowest BCUT2D eigenvalue weighted by atomic mass is 10.2. The van der Waals surface area contributed by atoms with Crippen molar-refractivity contribution in [2.24, 2.45) is 4.36 Å². The summed E-state index contributed by atoms with van der Waals surface area (Å²) in [5.74, 6) is -0.186. The van der Waals surface area contributed by atoms with Crippen LogP contribution in [0.25, 0.3) is 10.9 Å². The molecule has 2 heterocycles. The van der Waals surface area contributed by atoms with Crippen LogP contribution in [0.2, 0.25) is 0 Å². The monoisotopic (exact) mass is 541 g/mol. The lowest BCUT2D eigenvalue weighted by Gasteiger charge is -2.16. The van der Waals surface area contributed by atoms with Crippen LogP contribution in [0, 0.1) is 5.82 Å². The lowest BCUT2D eigenvalue weighted by Crippen LogP contribution is -2.36. The maximum atomic E-state index is 13.9. The summed E-state index contributed by atoms with van der Waals surface area (Å²) in [6.45, 7) is -2.29. The minimum absolute atomic E-state index is 0.127. The van der Waals surface area contributed by atoms with Crippen molar-refractivity contribution < 1.29 is 36.0 Å². The van der Waals surface area contributed by atoms with Gasteiger partial charge in [-0.05, 0) is 31.0 Å². The molecule has 4 rings (SSSR count). The molecule has 0 radical (unpaired) electrons. The number of rotatable bonds is 8. The molecule has 0 saturated carbocycles. The van der Waals surface area contributed by atoms with E-state index >= 15 is 0 Å². The van der Waals surface area contributed by atoms with Crippen molar-refractivity contribution in [1.82, 2.24) is 15.3 Å². The van der Waals surface area contributed by atoms with E-state index in [2.05, 4.69) is 19.6 Å². The number of benzene rings is 2. The fourth-order valence-electron chi connectivity index (χ4n) is 3.73. The Labute approximate surface area is 209 Å². The summed E-state index contributed by atoms with van der Waals surface area (Å²) in [6, 6.07) is 6.72. The molecule has 1 aliphatic rings. The molecule has 1 amide bonds. The summed E-state index contributed by atoms with van der Waals surface area (Å²) < 4.78 is 79.0. The van der Waals surface area contributed by atoms with Crippen molar-refractivity contribution in [3.8, 4) is 11.5 Å². The number of hydrogen-bond acceptors (Lipinski definition) is 8. The van der Waals surface area contributed by atoms with Gasteiger partial charge in [0.2, 0.25) is 0 Å². The molecule has 3 aromatic rings. The molecule has 1 fully saturated rings. The second-order valence-corrected chi connectivity index (χ2v) is 10.7. The van der Waals surface area contributed by atoms with E-state index in [1.54, 1.807) is 17.4 Å². The molecule has 0 bridgehead atoms. The number of amides is 1. The third kappa shape index (κ3) is 6.76. The van der Waals surface area contributed by atoms with E-state index in [4.69, 9.17) is 9.47 Å². The Hall–Kier alpha value is -3.68. The number of fused-ring (bicyclic) bond motifs is 1. The van der Waals surface area contributed by atoms with Gasteiger partial charge in [-0.1, -0.05) is 0 Å². The number of ether oxygens (including phenoxy) is 2. The minimum atomic E-state index is -4.58. The largest absolute Gasteiger partial charge is 0.496 e. The number of carbonyl (C=O) groups excluding carboxylic acids is 1. The van der Waals surface area contributed by atoms with Crippen molar-refractivity contribution in [3.63, 3.8) is 0 Å². The zero-order valence-corrected chi connectivity index (χ0v) is 20.4. The third-order valence-corrected chi connectivity index (χ3v) is 7.79. The van der Waals surface area contributed by atoms with Gasteiger partial charge in [-0.2, -0.15) is 17.5 Å². The van der Waals surface area contributed by atoms with Crippen LogP contribution in [0.15, 0.2) is 41.0 Å². The van der Waals surface area contributed by atoms with Crippen LogP contribution in [0.3, 0.4) is 0 Å². The molecule has 1 aromatic heterocycles. The second kappa shape index (κ2) is 10.7. The Bertz CT molecular complexity index is 1430. The van der Waals surface area contributed by atoms with E-state index in [1.807, 2.05) is 0 Å². The number of alkyl halides is 3. The molecule has 1 saturated heterocycles. The van der Waals surface area contributed by atoms with E-state index in [0.717, 1.165) is 25.0 Å². The molecular weight excluding hydrogens is 518 g/mol. The number of anilines is 2. The van der Waals surface area contributed by atoms with Crippen molar-refractivity contribution >= 4 is 43.7 Å². The molecule has 198 valence electrons. The van der Waals surface area contributed by atoms with Crippen molar-refractivity contribution in [3.05, 3.63) is 42.5 Å². The van der Waals surface area contributed by atoms with Crippen LogP contribution < -0.4 is 20.1 Å². The van der Waals surface area contributed by atoms with E-state index in [9.17, 15) is 26.6 Å². The summed E-state index contributed by atoms with van der Waals surface area (Å²) in [6.07, 6.45) is -1.59. The van der Waals surface area contributed by atoms with Crippen molar-refractivity contribution in [2.75, 3.05) is 37.1 Å². The summed E-state index contributed by atoms with van der Waals surface area (Å²) in [4.78, 5) is 20.2. The van der Waals surface area contributed by atoms with Gasteiger partial charge in [0.15, 0.2) is 6.61 Å². The average molecular weight is 542 g/mol. The Morgan fingerprint density at radius 3 is 2.59 bits per heavy atom. The van der Waals surface area contributed by atoms with Gasteiger partial charge in [0, 0.05) is 23.6 Å². The summed E-state index contributed by atoms with van der Waals surface area (Å²) >= 11 is 0. The van der Waals surface area contributed by atoms with Gasteiger partial charge in [-0.15, -0.1) is 0 Å². The van der Waals surface area contributed by atoms with E-state index in [1.165, 1.54) is 19.5 Å². The predicted molar refractivity (Wildman–Crippen MR) is 130 cm³/mol. The highest BCUT2D eigenvalue weighted by Gasteiger charge is 2.27. The fourth-order valence-corrected chi connectivity index (χ4v) is 5.92. The normalized spacial score (nSPS) is 14.8. The molecule has 1 aliphatic heterocycles. The highest BCUT2D eigenvalue weighted by Crippen LogP contribution is 2.37. The van der Waals surface area contributed by atoms with E-state index in [-0.39, 0.29) is 17.3 Å². The Morgan fingerprint density at radius 1 is 1.14 bits per heavy atom. The molecule has 0 unspecified atom stereocenters. The Kier molecular flexibility index (Phi) is 7.66. The zero-order chi connectivity index (χ0) is 26.6. The van der Waals surface area contributed by atoms with Crippen LogP contribution in [0.4, 0.5) is 34.8 Å².